The van der Waals surface area contributed by atoms with Crippen LogP contribution in [0.15, 0.2) is 30.3 Å². The van der Waals surface area contributed by atoms with Crippen molar-refractivity contribution in [2.75, 3.05) is 13.3 Å². The van der Waals surface area contributed by atoms with Gasteiger partial charge in [0.25, 0.3) is 0 Å². The van der Waals surface area contributed by atoms with Gasteiger partial charge < -0.3 is 13.9 Å². The van der Waals surface area contributed by atoms with E-state index in [1.54, 1.807) is 0 Å². The Hall–Kier alpha value is -1.86. The highest BCUT2D eigenvalue weighted by atomic mass is 28.4. The molecule has 1 aromatic rings. The van der Waals surface area contributed by atoms with E-state index in [1.165, 1.54) is 4.90 Å². The third-order valence-corrected chi connectivity index (χ3v) is 9.85. The molecule has 1 aromatic carbocycles. The molecule has 26 heavy (non-hydrogen) atoms. The van der Waals surface area contributed by atoms with Crippen LogP contribution in [0.4, 0.5) is 4.79 Å². The highest BCUT2D eigenvalue weighted by Crippen LogP contribution is 2.23. The SMILES string of the molecule is CC[Si](CC)(CC)OCC[C@H]1C(=O)OCN1C(=O)OCc1ccccc1. The number of ether oxygens (including phenoxy) is 2. The van der Waals surface area contributed by atoms with Crippen LogP contribution in [0.2, 0.25) is 18.1 Å². The average Bonchev–Trinajstić information content (AvgIpc) is 3.05. The third kappa shape index (κ3) is 5.08. The van der Waals surface area contributed by atoms with Gasteiger partial charge in [-0.05, 0) is 23.7 Å². The van der Waals surface area contributed by atoms with E-state index in [9.17, 15) is 9.59 Å². The van der Waals surface area contributed by atoms with Gasteiger partial charge in [0.05, 0.1) is 0 Å². The second-order valence-electron chi connectivity index (χ2n) is 6.50. The maximum atomic E-state index is 12.3. The second-order valence-corrected chi connectivity index (χ2v) is 11.3. The molecule has 2 rings (SSSR count). The van der Waals surface area contributed by atoms with Gasteiger partial charge in [-0.25, -0.2) is 9.59 Å². The van der Waals surface area contributed by atoms with E-state index in [1.807, 2.05) is 30.3 Å². The van der Waals surface area contributed by atoms with E-state index < -0.39 is 20.5 Å². The van der Waals surface area contributed by atoms with Crippen molar-refractivity contribution in [3.63, 3.8) is 0 Å². The summed E-state index contributed by atoms with van der Waals surface area (Å²) in [6.07, 6.45) is -0.0942. The Labute approximate surface area is 156 Å². The Kier molecular flexibility index (Phi) is 7.65. The van der Waals surface area contributed by atoms with E-state index >= 15 is 0 Å². The molecule has 0 aliphatic carbocycles. The van der Waals surface area contributed by atoms with Gasteiger partial charge in [-0.15, -0.1) is 0 Å². The number of rotatable bonds is 9. The molecule has 1 saturated heterocycles. The zero-order chi connectivity index (χ0) is 19.0. The Balaban J connectivity index is 1.88. The second kappa shape index (κ2) is 9.73. The maximum Gasteiger partial charge on any atom is 0.413 e. The smallest absolute Gasteiger partial charge is 0.413 e. The van der Waals surface area contributed by atoms with Gasteiger partial charge in [0.15, 0.2) is 15.0 Å². The molecule has 0 saturated carbocycles. The van der Waals surface area contributed by atoms with Crippen LogP contribution in [0.5, 0.6) is 0 Å². The topological polar surface area (TPSA) is 65.1 Å². The van der Waals surface area contributed by atoms with Crippen molar-refractivity contribution in [2.45, 2.75) is 58.0 Å². The van der Waals surface area contributed by atoms with Crippen molar-refractivity contribution >= 4 is 20.4 Å². The van der Waals surface area contributed by atoms with Crippen LogP contribution in [-0.4, -0.2) is 44.7 Å². The van der Waals surface area contributed by atoms with Crippen molar-refractivity contribution < 1.29 is 23.5 Å². The summed E-state index contributed by atoms with van der Waals surface area (Å²) in [5.41, 5.74) is 0.900. The van der Waals surface area contributed by atoms with Gasteiger partial charge in [0, 0.05) is 13.0 Å². The number of carbonyl (C=O) groups excluding carboxylic acids is 2. The number of amides is 1. The van der Waals surface area contributed by atoms with E-state index in [0.29, 0.717) is 13.0 Å². The lowest BCUT2D eigenvalue weighted by atomic mass is 10.2. The van der Waals surface area contributed by atoms with Gasteiger partial charge in [-0.1, -0.05) is 51.1 Å². The summed E-state index contributed by atoms with van der Waals surface area (Å²) in [6, 6.07) is 12.0. The van der Waals surface area contributed by atoms with Gasteiger partial charge in [-0.3, -0.25) is 4.90 Å². The predicted octanol–water partition coefficient (Wildman–Crippen LogP) is 3.92. The number of esters is 1. The first-order chi connectivity index (χ1) is 12.5. The molecule has 144 valence electrons. The number of hydrogen-bond donors (Lipinski definition) is 0. The molecule has 0 spiro atoms. The molecule has 7 heteroatoms. The fraction of sp³-hybridized carbons (Fsp3) is 0.579. The molecule has 0 unspecified atom stereocenters. The molecular weight excluding hydrogens is 350 g/mol. The molecule has 1 aliphatic heterocycles. The van der Waals surface area contributed by atoms with E-state index in [4.69, 9.17) is 13.9 Å². The molecular formula is C19H29NO5Si. The average molecular weight is 380 g/mol. The summed E-state index contributed by atoms with van der Waals surface area (Å²) < 4.78 is 16.6. The molecule has 1 aliphatic rings. The Morgan fingerprint density at radius 1 is 1.19 bits per heavy atom. The van der Waals surface area contributed by atoms with Crippen LogP contribution in [-0.2, 0) is 25.3 Å². The van der Waals surface area contributed by atoms with Gasteiger partial charge >= 0.3 is 12.1 Å². The van der Waals surface area contributed by atoms with E-state index in [-0.39, 0.29) is 19.3 Å². The monoisotopic (exact) mass is 379 g/mol. The summed E-state index contributed by atoms with van der Waals surface area (Å²) in [6.45, 7) is 7.06. The van der Waals surface area contributed by atoms with Crippen molar-refractivity contribution in [2.24, 2.45) is 0 Å². The lowest BCUT2D eigenvalue weighted by Crippen LogP contribution is -2.41. The summed E-state index contributed by atoms with van der Waals surface area (Å²) in [5, 5.41) is 0. The quantitative estimate of drug-likeness (QED) is 0.481. The molecule has 0 radical (unpaired) electrons. The standard InChI is InChI=1S/C19H29NO5Si/c1-4-26(5-2,6-3)25-13-12-17-18(21)24-15-20(17)19(22)23-14-16-10-8-7-9-11-16/h7-11,17H,4-6,12-15H2,1-3H3/t17-/m0/s1. The molecule has 1 atom stereocenters. The predicted molar refractivity (Wildman–Crippen MR) is 101 cm³/mol. The zero-order valence-electron chi connectivity index (χ0n) is 15.9. The normalized spacial score (nSPS) is 17.3. The molecule has 0 N–H and O–H groups in total. The van der Waals surface area contributed by atoms with Crippen LogP contribution in [0, 0.1) is 0 Å². The number of nitrogens with zero attached hydrogens (tertiary/aromatic N) is 1. The zero-order valence-corrected chi connectivity index (χ0v) is 16.9. The highest BCUT2D eigenvalue weighted by molar-refractivity contribution is 6.73. The summed E-state index contributed by atoms with van der Waals surface area (Å²) in [4.78, 5) is 25.7. The molecule has 0 bridgehead atoms. The van der Waals surface area contributed by atoms with Crippen molar-refractivity contribution in [3.8, 4) is 0 Å². The van der Waals surface area contributed by atoms with Crippen LogP contribution in [0.3, 0.4) is 0 Å². The number of carbonyl (C=O) groups is 2. The number of benzene rings is 1. The summed E-state index contributed by atoms with van der Waals surface area (Å²) >= 11 is 0. The van der Waals surface area contributed by atoms with Crippen molar-refractivity contribution in [1.29, 1.82) is 0 Å². The molecule has 1 heterocycles. The molecule has 1 fully saturated rings. The Morgan fingerprint density at radius 3 is 2.46 bits per heavy atom. The first kappa shape index (κ1) is 20.4. The summed E-state index contributed by atoms with van der Waals surface area (Å²) in [5.74, 6) is -0.387. The minimum Gasteiger partial charge on any atom is -0.444 e. The molecule has 1 amide bonds. The molecule has 6 nitrogen and oxygen atoms in total. The maximum absolute atomic E-state index is 12.3. The number of cyclic esters (lactones) is 1. The van der Waals surface area contributed by atoms with Crippen LogP contribution >= 0.6 is 0 Å². The lowest BCUT2D eigenvalue weighted by Gasteiger charge is -2.29. The molecule has 0 aromatic heterocycles. The fourth-order valence-corrected chi connectivity index (χ4v) is 5.81. The highest BCUT2D eigenvalue weighted by Gasteiger charge is 2.39. The fourth-order valence-electron chi connectivity index (χ4n) is 3.15. The van der Waals surface area contributed by atoms with Gasteiger partial charge in [-0.2, -0.15) is 0 Å². The van der Waals surface area contributed by atoms with Crippen molar-refractivity contribution in [3.05, 3.63) is 35.9 Å². The van der Waals surface area contributed by atoms with E-state index in [0.717, 1.165) is 23.7 Å². The Morgan fingerprint density at radius 2 is 1.85 bits per heavy atom. The number of hydrogen-bond acceptors (Lipinski definition) is 5. The van der Waals surface area contributed by atoms with Crippen LogP contribution in [0.1, 0.15) is 32.8 Å². The van der Waals surface area contributed by atoms with Crippen LogP contribution in [0.25, 0.3) is 0 Å². The Bertz CT molecular complexity index is 583. The van der Waals surface area contributed by atoms with Crippen LogP contribution < -0.4 is 0 Å². The van der Waals surface area contributed by atoms with Crippen molar-refractivity contribution in [1.82, 2.24) is 4.90 Å². The third-order valence-electron chi connectivity index (χ3n) is 5.17. The van der Waals surface area contributed by atoms with Gasteiger partial charge in [0.2, 0.25) is 0 Å². The van der Waals surface area contributed by atoms with E-state index in [2.05, 4.69) is 20.8 Å². The van der Waals surface area contributed by atoms with Gasteiger partial charge in [0.1, 0.15) is 12.6 Å². The lowest BCUT2D eigenvalue weighted by molar-refractivity contribution is -0.139. The first-order valence-corrected chi connectivity index (χ1v) is 11.9. The minimum absolute atomic E-state index is 0.0605. The summed E-state index contributed by atoms with van der Waals surface area (Å²) in [7, 11) is -1.71. The largest absolute Gasteiger partial charge is 0.444 e. The first-order valence-electron chi connectivity index (χ1n) is 9.33. The minimum atomic E-state index is -1.71.